The van der Waals surface area contributed by atoms with E-state index >= 15 is 0 Å². The van der Waals surface area contributed by atoms with Gasteiger partial charge in [0.05, 0.1) is 19.6 Å². The fraction of sp³-hybridized carbons (Fsp3) is 0.562. The fourth-order valence-corrected chi connectivity index (χ4v) is 3.18. The predicted octanol–water partition coefficient (Wildman–Crippen LogP) is 3.32. The van der Waals surface area contributed by atoms with E-state index in [1.165, 1.54) is 20.0 Å². The second kappa shape index (κ2) is 5.64. The fourth-order valence-electron chi connectivity index (χ4n) is 3.18. The monoisotopic (exact) mass is 262 g/mol. The molecular formula is C16H22O3. The number of carbonyl (C=O) groups is 1. The summed E-state index contributed by atoms with van der Waals surface area (Å²) >= 11 is 0. The molecule has 1 saturated carbocycles. The summed E-state index contributed by atoms with van der Waals surface area (Å²) in [6.07, 6.45) is 4.56. The van der Waals surface area contributed by atoms with Gasteiger partial charge in [0.1, 0.15) is 5.75 Å². The zero-order valence-electron chi connectivity index (χ0n) is 11.9. The van der Waals surface area contributed by atoms with E-state index in [2.05, 4.69) is 0 Å². The van der Waals surface area contributed by atoms with Crippen molar-refractivity contribution in [3.05, 3.63) is 29.8 Å². The number of ether oxygens (including phenoxy) is 2. The molecule has 1 unspecified atom stereocenters. The van der Waals surface area contributed by atoms with Crippen LogP contribution in [0.15, 0.2) is 24.3 Å². The van der Waals surface area contributed by atoms with Gasteiger partial charge in [-0.15, -0.1) is 0 Å². The van der Waals surface area contributed by atoms with E-state index < -0.39 is 5.41 Å². The molecule has 0 spiro atoms. The lowest BCUT2D eigenvalue weighted by Gasteiger charge is -2.33. The van der Waals surface area contributed by atoms with Crippen LogP contribution < -0.4 is 4.74 Å². The Kier molecular flexibility index (Phi) is 4.13. The van der Waals surface area contributed by atoms with Crippen molar-refractivity contribution in [1.82, 2.24) is 0 Å². The highest BCUT2D eigenvalue weighted by Crippen LogP contribution is 2.43. The quantitative estimate of drug-likeness (QED) is 0.781. The molecule has 0 aromatic heterocycles. The highest BCUT2D eigenvalue weighted by molar-refractivity contribution is 5.83. The van der Waals surface area contributed by atoms with Gasteiger partial charge in [-0.25, -0.2) is 0 Å². The molecule has 0 heterocycles. The van der Waals surface area contributed by atoms with Crippen LogP contribution in [0.25, 0.3) is 0 Å². The van der Waals surface area contributed by atoms with Crippen LogP contribution in [0.4, 0.5) is 0 Å². The Hall–Kier alpha value is -1.51. The lowest BCUT2D eigenvalue weighted by atomic mass is 9.71. The number of esters is 1. The third-order valence-electron chi connectivity index (χ3n) is 4.45. The van der Waals surface area contributed by atoms with Crippen molar-refractivity contribution in [3.63, 3.8) is 0 Å². The van der Waals surface area contributed by atoms with Crippen LogP contribution in [-0.4, -0.2) is 20.2 Å². The Morgan fingerprint density at radius 1 is 1.26 bits per heavy atom. The summed E-state index contributed by atoms with van der Waals surface area (Å²) in [5.41, 5.74) is 0.422. The topological polar surface area (TPSA) is 35.5 Å². The van der Waals surface area contributed by atoms with Gasteiger partial charge in [0.15, 0.2) is 0 Å². The minimum absolute atomic E-state index is 0.146. The molecule has 3 heteroatoms. The average Bonchev–Trinajstić information content (AvgIpc) is 3.00. The van der Waals surface area contributed by atoms with Gasteiger partial charge in [-0.3, -0.25) is 4.79 Å². The van der Waals surface area contributed by atoms with Crippen molar-refractivity contribution in [1.29, 1.82) is 0 Å². The van der Waals surface area contributed by atoms with Crippen molar-refractivity contribution in [2.45, 2.75) is 38.0 Å². The molecule has 1 aromatic rings. The first-order valence-corrected chi connectivity index (χ1v) is 6.86. The van der Waals surface area contributed by atoms with Crippen LogP contribution >= 0.6 is 0 Å². The standard InChI is InChI=1S/C16H22O3/c1-16(15(17)19-3,12-7-4-5-8-12)13-9-6-10-14(11-13)18-2/h6,9-12H,4-5,7-8H2,1-3H3. The van der Waals surface area contributed by atoms with Crippen molar-refractivity contribution in [2.75, 3.05) is 14.2 Å². The van der Waals surface area contributed by atoms with Crippen LogP contribution in [0.3, 0.4) is 0 Å². The van der Waals surface area contributed by atoms with Crippen molar-refractivity contribution in [2.24, 2.45) is 5.92 Å². The van der Waals surface area contributed by atoms with E-state index in [4.69, 9.17) is 9.47 Å². The molecule has 0 amide bonds. The normalized spacial score (nSPS) is 18.9. The number of carbonyl (C=O) groups excluding carboxylic acids is 1. The Labute approximate surface area is 114 Å². The molecule has 3 nitrogen and oxygen atoms in total. The lowest BCUT2D eigenvalue weighted by Crippen LogP contribution is -2.40. The molecule has 0 N–H and O–H groups in total. The summed E-state index contributed by atoms with van der Waals surface area (Å²) in [4.78, 5) is 12.4. The lowest BCUT2D eigenvalue weighted by molar-refractivity contribution is -0.149. The van der Waals surface area contributed by atoms with Crippen LogP contribution in [0.1, 0.15) is 38.2 Å². The first kappa shape index (κ1) is 13.9. The van der Waals surface area contributed by atoms with Crippen LogP contribution in [0, 0.1) is 5.92 Å². The van der Waals surface area contributed by atoms with Gasteiger partial charge in [0, 0.05) is 0 Å². The molecule has 2 rings (SSSR count). The van der Waals surface area contributed by atoms with Crippen molar-refractivity contribution >= 4 is 5.97 Å². The molecule has 0 radical (unpaired) electrons. The number of hydrogen-bond donors (Lipinski definition) is 0. The van der Waals surface area contributed by atoms with E-state index in [0.717, 1.165) is 24.2 Å². The van der Waals surface area contributed by atoms with Gasteiger partial charge in [-0.2, -0.15) is 0 Å². The third-order valence-corrected chi connectivity index (χ3v) is 4.45. The second-order valence-corrected chi connectivity index (χ2v) is 5.41. The highest BCUT2D eigenvalue weighted by atomic mass is 16.5. The number of methoxy groups -OCH3 is 2. The first-order chi connectivity index (χ1) is 9.12. The molecule has 1 aromatic carbocycles. The molecule has 0 saturated heterocycles. The molecule has 1 aliphatic rings. The summed E-state index contributed by atoms with van der Waals surface area (Å²) in [7, 11) is 3.11. The van der Waals surface area contributed by atoms with E-state index in [9.17, 15) is 4.79 Å². The van der Waals surface area contributed by atoms with E-state index in [1.807, 2.05) is 31.2 Å². The molecule has 0 aliphatic heterocycles. The smallest absolute Gasteiger partial charge is 0.316 e. The van der Waals surface area contributed by atoms with Crippen LogP contribution in [-0.2, 0) is 14.9 Å². The van der Waals surface area contributed by atoms with Gasteiger partial charge in [-0.05, 0) is 43.4 Å². The van der Waals surface area contributed by atoms with E-state index in [-0.39, 0.29) is 5.97 Å². The molecule has 0 bridgehead atoms. The summed E-state index contributed by atoms with van der Waals surface area (Å²) in [5, 5.41) is 0. The Morgan fingerprint density at radius 3 is 2.53 bits per heavy atom. The Balaban J connectivity index is 2.43. The van der Waals surface area contributed by atoms with E-state index in [0.29, 0.717) is 5.92 Å². The maximum atomic E-state index is 12.4. The SMILES string of the molecule is COC(=O)C(C)(c1cccc(OC)c1)C1CCCC1. The molecule has 1 atom stereocenters. The number of benzene rings is 1. The highest BCUT2D eigenvalue weighted by Gasteiger charge is 2.44. The predicted molar refractivity (Wildman–Crippen MR) is 74.3 cm³/mol. The van der Waals surface area contributed by atoms with Gasteiger partial charge in [0.2, 0.25) is 0 Å². The third kappa shape index (κ3) is 2.46. The summed E-state index contributed by atoms with van der Waals surface area (Å²) < 4.78 is 10.3. The largest absolute Gasteiger partial charge is 0.497 e. The maximum Gasteiger partial charge on any atom is 0.316 e. The van der Waals surface area contributed by atoms with Gasteiger partial charge in [0.25, 0.3) is 0 Å². The molecule has 19 heavy (non-hydrogen) atoms. The Bertz CT molecular complexity index is 449. The van der Waals surface area contributed by atoms with Gasteiger partial charge < -0.3 is 9.47 Å². The van der Waals surface area contributed by atoms with Crippen molar-refractivity contribution in [3.8, 4) is 5.75 Å². The summed E-state index contributed by atoms with van der Waals surface area (Å²) in [5.74, 6) is 0.991. The maximum absolute atomic E-state index is 12.4. The summed E-state index contributed by atoms with van der Waals surface area (Å²) in [6, 6.07) is 7.78. The van der Waals surface area contributed by atoms with Crippen LogP contribution in [0.5, 0.6) is 5.75 Å². The zero-order valence-corrected chi connectivity index (χ0v) is 11.9. The minimum Gasteiger partial charge on any atom is -0.497 e. The molecule has 1 aliphatic carbocycles. The Morgan fingerprint density at radius 2 is 1.95 bits per heavy atom. The van der Waals surface area contributed by atoms with Gasteiger partial charge >= 0.3 is 5.97 Å². The van der Waals surface area contributed by atoms with Crippen molar-refractivity contribution < 1.29 is 14.3 Å². The number of rotatable bonds is 4. The summed E-state index contributed by atoms with van der Waals surface area (Å²) in [6.45, 7) is 2.00. The van der Waals surface area contributed by atoms with Crippen LogP contribution in [0.2, 0.25) is 0 Å². The molecule has 1 fully saturated rings. The van der Waals surface area contributed by atoms with Gasteiger partial charge in [-0.1, -0.05) is 25.0 Å². The number of hydrogen-bond acceptors (Lipinski definition) is 3. The zero-order chi connectivity index (χ0) is 13.9. The van der Waals surface area contributed by atoms with E-state index in [1.54, 1.807) is 7.11 Å². The minimum atomic E-state index is -0.570. The first-order valence-electron chi connectivity index (χ1n) is 6.86. The molecule has 104 valence electrons. The average molecular weight is 262 g/mol. The second-order valence-electron chi connectivity index (χ2n) is 5.41. The molecular weight excluding hydrogens is 240 g/mol.